The second-order valence-electron chi connectivity index (χ2n) is 6.96. The Balaban J connectivity index is 3.54. The summed E-state index contributed by atoms with van der Waals surface area (Å²) in [6.07, 6.45) is 1.26. The van der Waals surface area contributed by atoms with E-state index >= 15 is 0 Å². The Hall–Kier alpha value is -0.0800. The van der Waals surface area contributed by atoms with Gasteiger partial charge in [-0.25, -0.2) is 0 Å². The highest BCUT2D eigenvalue weighted by atomic mass is 15.0. The highest BCUT2D eigenvalue weighted by molar-refractivity contribution is 4.72. The molecule has 0 aromatic heterocycles. The van der Waals surface area contributed by atoms with E-state index in [1.54, 1.807) is 0 Å². The lowest BCUT2D eigenvalue weighted by Gasteiger charge is -2.28. The predicted octanol–water partition coefficient (Wildman–Crippen LogP) is 3.28. The fourth-order valence-corrected chi connectivity index (χ4v) is 1.64. The average molecular weight is 242 g/mol. The van der Waals surface area contributed by atoms with E-state index in [4.69, 9.17) is 0 Å². The van der Waals surface area contributed by atoms with E-state index in [0.29, 0.717) is 11.5 Å². The third-order valence-electron chi connectivity index (χ3n) is 3.55. The second kappa shape index (κ2) is 8.10. The topological polar surface area (TPSA) is 24.1 Å². The van der Waals surface area contributed by atoms with Gasteiger partial charge in [0.05, 0.1) is 0 Å². The Morgan fingerprint density at radius 3 is 2.00 bits per heavy atom. The molecule has 104 valence electrons. The van der Waals surface area contributed by atoms with E-state index in [1.165, 1.54) is 6.42 Å². The van der Waals surface area contributed by atoms with E-state index in [1.807, 2.05) is 0 Å². The zero-order chi connectivity index (χ0) is 13.5. The van der Waals surface area contributed by atoms with Gasteiger partial charge in [-0.05, 0) is 43.7 Å². The van der Waals surface area contributed by atoms with Crippen molar-refractivity contribution in [1.29, 1.82) is 0 Å². The molecule has 0 fully saturated rings. The first-order chi connectivity index (χ1) is 7.73. The van der Waals surface area contributed by atoms with Crippen LogP contribution in [0.25, 0.3) is 0 Å². The van der Waals surface area contributed by atoms with Crippen LogP contribution in [0.5, 0.6) is 0 Å². The molecule has 0 aliphatic heterocycles. The van der Waals surface area contributed by atoms with Gasteiger partial charge >= 0.3 is 0 Å². The zero-order valence-corrected chi connectivity index (χ0v) is 13.1. The Kier molecular flexibility index (Phi) is 8.06. The maximum atomic E-state index is 3.60. The van der Waals surface area contributed by atoms with Gasteiger partial charge in [0, 0.05) is 12.6 Å². The van der Waals surface area contributed by atoms with E-state index in [9.17, 15) is 0 Å². The normalized spacial score (nSPS) is 16.2. The maximum absolute atomic E-state index is 3.60. The van der Waals surface area contributed by atoms with Crippen LogP contribution in [0.2, 0.25) is 0 Å². The zero-order valence-electron chi connectivity index (χ0n) is 13.1. The molecule has 2 nitrogen and oxygen atoms in total. The molecule has 0 amide bonds. The molecule has 0 aromatic carbocycles. The van der Waals surface area contributed by atoms with Crippen LogP contribution >= 0.6 is 0 Å². The van der Waals surface area contributed by atoms with Crippen LogP contribution in [0.4, 0.5) is 0 Å². The first-order valence-electron chi connectivity index (χ1n) is 7.17. The van der Waals surface area contributed by atoms with Crippen LogP contribution in [0, 0.1) is 17.3 Å². The van der Waals surface area contributed by atoms with Crippen LogP contribution in [-0.4, -0.2) is 25.7 Å². The quantitative estimate of drug-likeness (QED) is 0.682. The summed E-state index contributed by atoms with van der Waals surface area (Å²) in [4.78, 5) is 0. The van der Waals surface area contributed by atoms with Crippen LogP contribution in [-0.2, 0) is 0 Å². The summed E-state index contributed by atoms with van der Waals surface area (Å²) in [7, 11) is 0. The van der Waals surface area contributed by atoms with E-state index in [2.05, 4.69) is 59.1 Å². The molecule has 0 radical (unpaired) electrons. The van der Waals surface area contributed by atoms with Crippen molar-refractivity contribution in [3.8, 4) is 0 Å². The van der Waals surface area contributed by atoms with Crippen LogP contribution in [0.15, 0.2) is 0 Å². The lowest BCUT2D eigenvalue weighted by atomic mass is 9.80. The predicted molar refractivity (Wildman–Crippen MR) is 78.4 cm³/mol. The van der Waals surface area contributed by atoms with Crippen molar-refractivity contribution < 1.29 is 0 Å². The van der Waals surface area contributed by atoms with Gasteiger partial charge in [-0.15, -0.1) is 0 Å². The minimum atomic E-state index is 0.431. The van der Waals surface area contributed by atoms with Gasteiger partial charge in [0.25, 0.3) is 0 Å². The molecule has 0 saturated heterocycles. The Bertz CT molecular complexity index is 182. The number of hydrogen-bond donors (Lipinski definition) is 2. The van der Waals surface area contributed by atoms with Gasteiger partial charge in [-0.2, -0.15) is 0 Å². The van der Waals surface area contributed by atoms with E-state index in [-0.39, 0.29) is 0 Å². The summed E-state index contributed by atoms with van der Waals surface area (Å²) in [6, 6.07) is 0.570. The van der Waals surface area contributed by atoms with E-state index in [0.717, 1.165) is 31.5 Å². The summed E-state index contributed by atoms with van der Waals surface area (Å²) in [5.74, 6) is 1.51. The lowest BCUT2D eigenvalue weighted by Crippen LogP contribution is -2.38. The Morgan fingerprint density at radius 2 is 1.53 bits per heavy atom. The average Bonchev–Trinajstić information content (AvgIpc) is 2.15. The largest absolute Gasteiger partial charge is 0.315 e. The van der Waals surface area contributed by atoms with Crippen molar-refractivity contribution in [2.75, 3.05) is 19.6 Å². The Labute approximate surface area is 109 Å². The first-order valence-corrected chi connectivity index (χ1v) is 7.17. The molecule has 0 saturated carbocycles. The molecule has 0 aromatic rings. The summed E-state index contributed by atoms with van der Waals surface area (Å²) in [6.45, 7) is 19.4. The Morgan fingerprint density at radius 1 is 0.941 bits per heavy atom. The first kappa shape index (κ1) is 16.9. The number of rotatable bonds is 8. The molecule has 2 heteroatoms. The molecular weight excluding hydrogens is 208 g/mol. The number of nitrogens with one attached hydrogen (secondary N) is 2. The highest BCUT2D eigenvalue weighted by Gasteiger charge is 2.19. The van der Waals surface area contributed by atoms with Gasteiger partial charge in [0.1, 0.15) is 0 Å². The van der Waals surface area contributed by atoms with Gasteiger partial charge in [-0.3, -0.25) is 0 Å². The highest BCUT2D eigenvalue weighted by Crippen LogP contribution is 2.27. The summed E-state index contributed by atoms with van der Waals surface area (Å²) < 4.78 is 0. The smallest absolute Gasteiger partial charge is 0.0164 e. The fourth-order valence-electron chi connectivity index (χ4n) is 1.64. The standard InChI is InChI=1S/C15H34N2/c1-12(2)10-16-11-14(4)17-9-8-13(3)15(5,6)7/h12-14,16-17H,8-11H2,1-7H3. The summed E-state index contributed by atoms with van der Waals surface area (Å²) in [5, 5.41) is 7.09. The van der Waals surface area contributed by atoms with Gasteiger partial charge in [-0.1, -0.05) is 41.5 Å². The van der Waals surface area contributed by atoms with Gasteiger partial charge < -0.3 is 10.6 Å². The molecule has 0 rings (SSSR count). The molecule has 2 atom stereocenters. The third-order valence-corrected chi connectivity index (χ3v) is 3.55. The SMILES string of the molecule is CC(C)CNCC(C)NCCC(C)C(C)(C)C. The second-order valence-corrected chi connectivity index (χ2v) is 6.96. The van der Waals surface area contributed by atoms with Gasteiger partial charge in [0.15, 0.2) is 0 Å². The third kappa shape index (κ3) is 9.61. The monoisotopic (exact) mass is 242 g/mol. The van der Waals surface area contributed by atoms with Crippen molar-refractivity contribution in [1.82, 2.24) is 10.6 Å². The molecule has 2 unspecified atom stereocenters. The minimum Gasteiger partial charge on any atom is -0.315 e. The summed E-state index contributed by atoms with van der Waals surface area (Å²) >= 11 is 0. The molecule has 0 spiro atoms. The van der Waals surface area contributed by atoms with Crippen molar-refractivity contribution in [2.24, 2.45) is 17.3 Å². The van der Waals surface area contributed by atoms with Crippen LogP contribution in [0.3, 0.4) is 0 Å². The van der Waals surface area contributed by atoms with Gasteiger partial charge in [0.2, 0.25) is 0 Å². The maximum Gasteiger partial charge on any atom is 0.0164 e. The molecule has 17 heavy (non-hydrogen) atoms. The van der Waals surface area contributed by atoms with E-state index < -0.39 is 0 Å². The van der Waals surface area contributed by atoms with Crippen molar-refractivity contribution in [2.45, 2.75) is 60.9 Å². The molecule has 0 aliphatic rings. The van der Waals surface area contributed by atoms with Crippen molar-refractivity contribution >= 4 is 0 Å². The molecule has 0 bridgehead atoms. The van der Waals surface area contributed by atoms with Crippen molar-refractivity contribution in [3.63, 3.8) is 0 Å². The lowest BCUT2D eigenvalue weighted by molar-refractivity contribution is 0.242. The molecule has 0 aliphatic carbocycles. The minimum absolute atomic E-state index is 0.431. The van der Waals surface area contributed by atoms with Crippen LogP contribution < -0.4 is 10.6 Å². The molecule has 2 N–H and O–H groups in total. The molecule has 0 heterocycles. The fraction of sp³-hybridized carbons (Fsp3) is 1.00. The molecular formula is C15H34N2. The summed E-state index contributed by atoms with van der Waals surface area (Å²) in [5.41, 5.74) is 0.431. The van der Waals surface area contributed by atoms with Crippen molar-refractivity contribution in [3.05, 3.63) is 0 Å². The van der Waals surface area contributed by atoms with Crippen LogP contribution in [0.1, 0.15) is 54.9 Å². The number of hydrogen-bond acceptors (Lipinski definition) is 2.